The molecule has 1 aliphatic rings. The molecule has 1 fully saturated rings. The van der Waals surface area contributed by atoms with Gasteiger partial charge in [-0.05, 0) is 40.5 Å². The van der Waals surface area contributed by atoms with Crippen molar-refractivity contribution >= 4 is 11.3 Å². The Morgan fingerprint density at radius 1 is 1.44 bits per heavy atom. The van der Waals surface area contributed by atoms with Crippen molar-refractivity contribution in [2.75, 3.05) is 13.2 Å². The van der Waals surface area contributed by atoms with Gasteiger partial charge in [-0.3, -0.25) is 0 Å². The van der Waals surface area contributed by atoms with Crippen LogP contribution < -0.4 is 5.32 Å². The van der Waals surface area contributed by atoms with E-state index in [1.165, 1.54) is 28.4 Å². The van der Waals surface area contributed by atoms with E-state index < -0.39 is 0 Å². The number of hydrogen-bond acceptors (Lipinski definition) is 4. The van der Waals surface area contributed by atoms with Crippen LogP contribution in [-0.4, -0.2) is 23.7 Å². The van der Waals surface area contributed by atoms with E-state index in [-0.39, 0.29) is 5.54 Å². The summed E-state index contributed by atoms with van der Waals surface area (Å²) in [6, 6.07) is 0. The van der Waals surface area contributed by atoms with E-state index in [0.29, 0.717) is 5.92 Å². The van der Waals surface area contributed by atoms with E-state index >= 15 is 0 Å². The molecule has 4 heteroatoms. The van der Waals surface area contributed by atoms with Crippen molar-refractivity contribution in [2.24, 2.45) is 0 Å². The van der Waals surface area contributed by atoms with E-state index in [1.807, 2.05) is 11.3 Å². The molecule has 0 radical (unpaired) electrons. The highest BCUT2D eigenvalue weighted by molar-refractivity contribution is 7.11. The van der Waals surface area contributed by atoms with Crippen LogP contribution in [0.25, 0.3) is 0 Å². The summed E-state index contributed by atoms with van der Waals surface area (Å²) in [6.45, 7) is 11.4. The molecule has 0 aliphatic carbocycles. The topological polar surface area (TPSA) is 34.1 Å². The Bertz CT molecular complexity index is 389. The Labute approximate surface area is 114 Å². The van der Waals surface area contributed by atoms with Crippen LogP contribution in [0.15, 0.2) is 0 Å². The van der Waals surface area contributed by atoms with Crippen LogP contribution in [0.4, 0.5) is 0 Å². The van der Waals surface area contributed by atoms with Crippen LogP contribution in [0, 0.1) is 6.92 Å². The number of nitrogens with one attached hydrogen (secondary N) is 1. The maximum atomic E-state index is 5.55. The number of aryl methyl sites for hydroxylation is 1. The first-order valence-electron chi connectivity index (χ1n) is 6.75. The highest BCUT2D eigenvalue weighted by atomic mass is 32.1. The maximum Gasteiger partial charge on any atom is 0.0985 e. The summed E-state index contributed by atoms with van der Waals surface area (Å²) in [7, 11) is 0. The molecule has 102 valence electrons. The van der Waals surface area contributed by atoms with Crippen LogP contribution in [0.3, 0.4) is 0 Å². The smallest absolute Gasteiger partial charge is 0.0985 e. The third kappa shape index (κ3) is 3.77. The van der Waals surface area contributed by atoms with Crippen molar-refractivity contribution in [1.82, 2.24) is 10.3 Å². The number of thiazole rings is 1. The zero-order valence-electron chi connectivity index (χ0n) is 11.9. The highest BCUT2D eigenvalue weighted by Gasteiger charge is 2.21. The normalized spacial score (nSPS) is 21.2. The molecule has 18 heavy (non-hydrogen) atoms. The number of nitrogens with zero attached hydrogens (tertiary/aromatic N) is 1. The van der Waals surface area contributed by atoms with Gasteiger partial charge in [0.15, 0.2) is 0 Å². The molecule has 1 N–H and O–H groups in total. The van der Waals surface area contributed by atoms with Gasteiger partial charge in [0.05, 0.1) is 17.3 Å². The number of aromatic nitrogens is 1. The Kier molecular flexibility index (Phi) is 4.41. The predicted molar refractivity (Wildman–Crippen MR) is 76.2 cm³/mol. The van der Waals surface area contributed by atoms with E-state index in [2.05, 4.69) is 33.0 Å². The van der Waals surface area contributed by atoms with E-state index in [1.54, 1.807) is 0 Å². The third-order valence-electron chi connectivity index (χ3n) is 3.20. The number of rotatable bonds is 3. The van der Waals surface area contributed by atoms with Gasteiger partial charge < -0.3 is 10.1 Å². The summed E-state index contributed by atoms with van der Waals surface area (Å²) in [4.78, 5) is 6.10. The van der Waals surface area contributed by atoms with Gasteiger partial charge in [0.25, 0.3) is 0 Å². The number of hydrogen-bond donors (Lipinski definition) is 1. The quantitative estimate of drug-likeness (QED) is 0.914. The average Bonchev–Trinajstić information content (AvgIpc) is 2.68. The lowest BCUT2D eigenvalue weighted by atomic mass is 10.0. The molecule has 1 aromatic heterocycles. The standard InChI is InChI=1S/C14H24N2OS/c1-10-12(8-15-14(2,3)4)18-13(16-10)11-6-5-7-17-9-11/h11,15H,5-9H2,1-4H3. The van der Waals surface area contributed by atoms with Crippen LogP contribution >= 0.6 is 11.3 Å². The van der Waals surface area contributed by atoms with Crippen molar-refractivity contribution in [3.8, 4) is 0 Å². The van der Waals surface area contributed by atoms with Gasteiger partial charge in [0.2, 0.25) is 0 Å². The molecular weight excluding hydrogens is 244 g/mol. The Hall–Kier alpha value is -0.450. The van der Waals surface area contributed by atoms with Crippen molar-refractivity contribution in [2.45, 2.75) is 58.5 Å². The van der Waals surface area contributed by atoms with E-state index in [0.717, 1.165) is 19.8 Å². The van der Waals surface area contributed by atoms with Gasteiger partial charge in [-0.1, -0.05) is 0 Å². The monoisotopic (exact) mass is 268 g/mol. The zero-order valence-corrected chi connectivity index (χ0v) is 12.7. The fourth-order valence-corrected chi connectivity index (χ4v) is 3.20. The highest BCUT2D eigenvalue weighted by Crippen LogP contribution is 2.30. The van der Waals surface area contributed by atoms with E-state index in [4.69, 9.17) is 9.72 Å². The molecule has 3 nitrogen and oxygen atoms in total. The van der Waals surface area contributed by atoms with Gasteiger partial charge >= 0.3 is 0 Å². The van der Waals surface area contributed by atoms with Gasteiger partial charge in [-0.25, -0.2) is 4.98 Å². The predicted octanol–water partition coefficient (Wildman–Crippen LogP) is 3.23. The van der Waals surface area contributed by atoms with Gasteiger partial charge in [0.1, 0.15) is 0 Å². The lowest BCUT2D eigenvalue weighted by Crippen LogP contribution is -2.34. The minimum Gasteiger partial charge on any atom is -0.381 e. The molecule has 1 saturated heterocycles. The second-order valence-corrected chi connectivity index (χ2v) is 7.19. The summed E-state index contributed by atoms with van der Waals surface area (Å²) >= 11 is 1.85. The largest absolute Gasteiger partial charge is 0.381 e. The summed E-state index contributed by atoms with van der Waals surface area (Å²) in [5.74, 6) is 0.519. The van der Waals surface area contributed by atoms with E-state index in [9.17, 15) is 0 Å². The zero-order chi connectivity index (χ0) is 13.2. The van der Waals surface area contributed by atoms with Crippen molar-refractivity contribution in [3.05, 3.63) is 15.6 Å². The molecule has 2 heterocycles. The second-order valence-electron chi connectivity index (χ2n) is 6.08. The Morgan fingerprint density at radius 3 is 2.83 bits per heavy atom. The molecule has 1 aliphatic heterocycles. The fourth-order valence-electron chi connectivity index (χ4n) is 2.07. The van der Waals surface area contributed by atoms with Gasteiger partial charge in [-0.15, -0.1) is 11.3 Å². The Morgan fingerprint density at radius 2 is 2.22 bits per heavy atom. The van der Waals surface area contributed by atoms with Crippen LogP contribution in [0.1, 0.15) is 55.1 Å². The van der Waals surface area contributed by atoms with Crippen LogP contribution in [-0.2, 0) is 11.3 Å². The Balaban J connectivity index is 2.02. The van der Waals surface area contributed by atoms with Crippen molar-refractivity contribution < 1.29 is 4.74 Å². The van der Waals surface area contributed by atoms with Crippen LogP contribution in [0.2, 0.25) is 0 Å². The molecular formula is C14H24N2OS. The maximum absolute atomic E-state index is 5.55. The fraction of sp³-hybridized carbons (Fsp3) is 0.786. The summed E-state index contributed by atoms with van der Waals surface area (Å²) in [6.07, 6.45) is 2.39. The molecule has 0 aromatic carbocycles. The molecule has 1 aromatic rings. The first kappa shape index (κ1) is 14.0. The van der Waals surface area contributed by atoms with Crippen LogP contribution in [0.5, 0.6) is 0 Å². The molecule has 1 unspecified atom stereocenters. The first-order valence-corrected chi connectivity index (χ1v) is 7.56. The van der Waals surface area contributed by atoms with Gasteiger partial charge in [0, 0.05) is 29.5 Å². The molecule has 0 spiro atoms. The van der Waals surface area contributed by atoms with Crippen molar-refractivity contribution in [3.63, 3.8) is 0 Å². The van der Waals surface area contributed by atoms with Crippen molar-refractivity contribution in [1.29, 1.82) is 0 Å². The minimum absolute atomic E-state index is 0.157. The summed E-state index contributed by atoms with van der Waals surface area (Å²) in [5.41, 5.74) is 1.34. The molecule has 0 saturated carbocycles. The molecule has 0 amide bonds. The second kappa shape index (κ2) is 5.68. The summed E-state index contributed by atoms with van der Waals surface area (Å²) in [5, 5.41) is 4.80. The minimum atomic E-state index is 0.157. The third-order valence-corrected chi connectivity index (χ3v) is 4.52. The number of ether oxygens (including phenoxy) is 1. The molecule has 2 rings (SSSR count). The SMILES string of the molecule is Cc1nc(C2CCCOC2)sc1CNC(C)(C)C. The molecule has 0 bridgehead atoms. The summed E-state index contributed by atoms with van der Waals surface area (Å²) < 4.78 is 5.55. The lowest BCUT2D eigenvalue weighted by molar-refractivity contribution is 0.0803. The van der Waals surface area contributed by atoms with Gasteiger partial charge in [-0.2, -0.15) is 0 Å². The lowest BCUT2D eigenvalue weighted by Gasteiger charge is -2.20. The average molecular weight is 268 g/mol. The first-order chi connectivity index (χ1) is 8.46. The molecule has 1 atom stereocenters.